The summed E-state index contributed by atoms with van der Waals surface area (Å²) in [5, 5.41) is 3.53. The summed E-state index contributed by atoms with van der Waals surface area (Å²) < 4.78 is 5.21. The van der Waals surface area contributed by atoms with Crippen LogP contribution in [-0.4, -0.2) is 18.6 Å². The van der Waals surface area contributed by atoms with Crippen LogP contribution < -0.4 is 10.1 Å². The molecule has 2 rings (SSSR count). The normalized spacial score (nSPS) is 12.2. The molecule has 0 saturated heterocycles. The van der Waals surface area contributed by atoms with Gasteiger partial charge >= 0.3 is 0 Å². The van der Waals surface area contributed by atoms with Gasteiger partial charge in [0.05, 0.1) is 7.11 Å². The van der Waals surface area contributed by atoms with Crippen molar-refractivity contribution in [3.8, 4) is 5.75 Å². The molecule has 0 aliphatic carbocycles. The number of hydrogen-bond donors (Lipinski definition) is 1. The van der Waals surface area contributed by atoms with Crippen LogP contribution in [0.1, 0.15) is 29.8 Å². The van der Waals surface area contributed by atoms with Crippen LogP contribution in [-0.2, 0) is 6.42 Å². The molecule has 0 radical (unpaired) electrons. The highest BCUT2D eigenvalue weighted by molar-refractivity contribution is 5.30. The number of aromatic nitrogens is 1. The van der Waals surface area contributed by atoms with Crippen LogP contribution in [0.4, 0.5) is 0 Å². The molecule has 1 aromatic carbocycles. The zero-order chi connectivity index (χ0) is 14.4. The molecular formula is C17H22N2O. The van der Waals surface area contributed by atoms with E-state index in [1.807, 2.05) is 24.4 Å². The maximum absolute atomic E-state index is 5.21. The van der Waals surface area contributed by atoms with Gasteiger partial charge in [0.15, 0.2) is 0 Å². The van der Waals surface area contributed by atoms with E-state index in [1.165, 1.54) is 11.1 Å². The van der Waals surface area contributed by atoms with Crippen LogP contribution in [0.15, 0.2) is 42.6 Å². The number of ether oxygens (including phenoxy) is 1. The van der Waals surface area contributed by atoms with Gasteiger partial charge in [-0.05, 0) is 42.8 Å². The Balaban J connectivity index is 2.19. The summed E-state index contributed by atoms with van der Waals surface area (Å²) in [6.45, 7) is 5.17. The molecule has 0 spiro atoms. The Hall–Kier alpha value is -1.87. The fourth-order valence-corrected chi connectivity index (χ4v) is 2.32. The zero-order valence-corrected chi connectivity index (χ0v) is 12.4. The van der Waals surface area contributed by atoms with Gasteiger partial charge in [-0.25, -0.2) is 0 Å². The van der Waals surface area contributed by atoms with Crippen LogP contribution in [0.5, 0.6) is 5.75 Å². The lowest BCUT2D eigenvalue weighted by molar-refractivity contribution is 0.414. The minimum Gasteiger partial charge on any atom is -0.497 e. The fourth-order valence-electron chi connectivity index (χ4n) is 2.32. The predicted molar refractivity (Wildman–Crippen MR) is 82.1 cm³/mol. The van der Waals surface area contributed by atoms with E-state index in [9.17, 15) is 0 Å². The Morgan fingerprint density at radius 2 is 1.95 bits per heavy atom. The highest BCUT2D eigenvalue weighted by Gasteiger charge is 2.13. The molecule has 1 heterocycles. The SMILES string of the molecule is CCNC(Cc1ncccc1C)c1ccc(OC)cc1. The van der Waals surface area contributed by atoms with Crippen molar-refractivity contribution in [1.82, 2.24) is 10.3 Å². The third kappa shape index (κ3) is 3.58. The predicted octanol–water partition coefficient (Wildman–Crippen LogP) is 3.29. The Bertz CT molecular complexity index is 537. The number of nitrogens with zero attached hydrogens (tertiary/aromatic N) is 1. The van der Waals surface area contributed by atoms with E-state index in [0.29, 0.717) is 0 Å². The van der Waals surface area contributed by atoms with E-state index in [-0.39, 0.29) is 6.04 Å². The van der Waals surface area contributed by atoms with Crippen LogP contribution in [0.25, 0.3) is 0 Å². The average Bonchev–Trinajstić information content (AvgIpc) is 2.49. The monoisotopic (exact) mass is 270 g/mol. The molecule has 0 saturated carbocycles. The largest absolute Gasteiger partial charge is 0.497 e. The molecule has 0 aliphatic rings. The van der Waals surface area contributed by atoms with Crippen molar-refractivity contribution in [2.75, 3.05) is 13.7 Å². The summed E-state index contributed by atoms with van der Waals surface area (Å²) in [5.41, 5.74) is 3.65. The lowest BCUT2D eigenvalue weighted by atomic mass is 9.99. The van der Waals surface area contributed by atoms with Gasteiger partial charge in [-0.2, -0.15) is 0 Å². The van der Waals surface area contributed by atoms with Crippen LogP contribution >= 0.6 is 0 Å². The van der Waals surface area contributed by atoms with Crippen molar-refractivity contribution in [3.63, 3.8) is 0 Å². The van der Waals surface area contributed by atoms with E-state index in [0.717, 1.165) is 24.4 Å². The Kier molecular flexibility index (Phi) is 5.13. The summed E-state index contributed by atoms with van der Waals surface area (Å²) in [5.74, 6) is 0.887. The Labute approximate surface area is 121 Å². The summed E-state index contributed by atoms with van der Waals surface area (Å²) in [7, 11) is 1.69. The molecule has 0 aliphatic heterocycles. The van der Waals surface area contributed by atoms with Crippen molar-refractivity contribution in [2.24, 2.45) is 0 Å². The van der Waals surface area contributed by atoms with Gasteiger partial charge in [-0.15, -0.1) is 0 Å². The molecule has 1 N–H and O–H groups in total. The summed E-state index contributed by atoms with van der Waals surface area (Å²) in [6.07, 6.45) is 2.76. The first-order chi connectivity index (χ1) is 9.74. The molecule has 1 aromatic heterocycles. The van der Waals surface area contributed by atoms with Crippen molar-refractivity contribution < 1.29 is 4.74 Å². The van der Waals surface area contributed by atoms with Crippen LogP contribution in [0, 0.1) is 6.92 Å². The molecule has 20 heavy (non-hydrogen) atoms. The maximum Gasteiger partial charge on any atom is 0.118 e. The molecule has 1 unspecified atom stereocenters. The summed E-state index contributed by atoms with van der Waals surface area (Å²) in [4.78, 5) is 4.49. The fraction of sp³-hybridized carbons (Fsp3) is 0.353. The molecule has 0 bridgehead atoms. The minimum atomic E-state index is 0.277. The average molecular weight is 270 g/mol. The van der Waals surface area contributed by atoms with Crippen molar-refractivity contribution in [3.05, 3.63) is 59.4 Å². The summed E-state index contributed by atoms with van der Waals surface area (Å²) >= 11 is 0. The number of rotatable bonds is 6. The van der Waals surface area contributed by atoms with Gasteiger partial charge in [0, 0.05) is 24.4 Å². The number of pyridine rings is 1. The molecule has 0 fully saturated rings. The second-order valence-electron chi connectivity index (χ2n) is 4.85. The minimum absolute atomic E-state index is 0.277. The molecule has 0 amide bonds. The molecule has 106 valence electrons. The van der Waals surface area contributed by atoms with E-state index in [1.54, 1.807) is 7.11 Å². The van der Waals surface area contributed by atoms with Gasteiger partial charge in [0.1, 0.15) is 5.75 Å². The highest BCUT2D eigenvalue weighted by atomic mass is 16.5. The first-order valence-corrected chi connectivity index (χ1v) is 7.02. The molecule has 3 nitrogen and oxygen atoms in total. The number of hydrogen-bond acceptors (Lipinski definition) is 3. The van der Waals surface area contributed by atoms with Gasteiger partial charge in [-0.3, -0.25) is 4.98 Å². The van der Waals surface area contributed by atoms with E-state index in [2.05, 4.69) is 42.3 Å². The smallest absolute Gasteiger partial charge is 0.118 e. The van der Waals surface area contributed by atoms with Crippen molar-refractivity contribution in [1.29, 1.82) is 0 Å². The van der Waals surface area contributed by atoms with Gasteiger partial charge in [0.25, 0.3) is 0 Å². The third-order valence-electron chi connectivity index (χ3n) is 3.48. The van der Waals surface area contributed by atoms with Crippen LogP contribution in [0.3, 0.4) is 0 Å². The van der Waals surface area contributed by atoms with E-state index >= 15 is 0 Å². The van der Waals surface area contributed by atoms with Gasteiger partial charge < -0.3 is 10.1 Å². The lowest BCUT2D eigenvalue weighted by Gasteiger charge is -2.19. The zero-order valence-electron chi connectivity index (χ0n) is 12.4. The van der Waals surface area contributed by atoms with Gasteiger partial charge in [-0.1, -0.05) is 25.1 Å². The molecular weight excluding hydrogens is 248 g/mol. The Morgan fingerprint density at radius 1 is 1.20 bits per heavy atom. The maximum atomic E-state index is 5.21. The topological polar surface area (TPSA) is 34.2 Å². The second kappa shape index (κ2) is 7.06. The third-order valence-corrected chi connectivity index (χ3v) is 3.48. The van der Waals surface area contributed by atoms with E-state index in [4.69, 9.17) is 4.74 Å². The summed E-state index contributed by atoms with van der Waals surface area (Å²) in [6, 6.07) is 12.6. The number of methoxy groups -OCH3 is 1. The first kappa shape index (κ1) is 14.5. The van der Waals surface area contributed by atoms with Crippen molar-refractivity contribution in [2.45, 2.75) is 26.3 Å². The van der Waals surface area contributed by atoms with Crippen molar-refractivity contribution >= 4 is 0 Å². The molecule has 2 aromatic rings. The quantitative estimate of drug-likeness (QED) is 0.874. The molecule has 1 atom stereocenters. The standard InChI is InChI=1S/C17H22N2O/c1-4-18-17(12-16-13(2)6-5-11-19-16)14-7-9-15(20-3)10-8-14/h5-11,17-18H,4,12H2,1-3H3. The van der Waals surface area contributed by atoms with Crippen LogP contribution in [0.2, 0.25) is 0 Å². The van der Waals surface area contributed by atoms with E-state index < -0.39 is 0 Å². The second-order valence-corrected chi connectivity index (χ2v) is 4.85. The number of nitrogens with one attached hydrogen (secondary N) is 1. The first-order valence-electron chi connectivity index (χ1n) is 7.02. The number of aryl methyl sites for hydroxylation is 1. The lowest BCUT2D eigenvalue weighted by Crippen LogP contribution is -2.23. The highest BCUT2D eigenvalue weighted by Crippen LogP contribution is 2.21. The number of likely N-dealkylation sites (N-methyl/N-ethyl adjacent to an activating group) is 1. The molecule has 3 heteroatoms. The number of benzene rings is 1. The van der Waals surface area contributed by atoms with Gasteiger partial charge in [0.2, 0.25) is 0 Å². The Morgan fingerprint density at radius 3 is 2.55 bits per heavy atom.